The Morgan fingerprint density at radius 2 is 0.522 bits per heavy atom. The quantitative estimate of drug-likeness (QED) is 0.0855. The summed E-state index contributed by atoms with van der Waals surface area (Å²) in [4.78, 5) is 18.4. The van der Waals surface area contributed by atoms with Gasteiger partial charge in [0, 0.05) is 22.5 Å². The van der Waals surface area contributed by atoms with E-state index in [0.29, 0.717) is 17.6 Å². The van der Waals surface area contributed by atoms with Crippen molar-refractivity contribution in [3.63, 3.8) is 0 Å². The van der Waals surface area contributed by atoms with Crippen LogP contribution in [0.3, 0.4) is 0 Å². The minimum absolute atomic E-state index is 0.525. The average molecular weight is 917 g/mol. The summed E-state index contributed by atoms with van der Waals surface area (Å²) in [5, 5.41) is 10.3. The first-order valence-corrected chi connectivity index (χ1v) is 27.4. The Balaban J connectivity index is 1.15. The molecule has 11 aromatic rings. The van der Waals surface area contributed by atoms with Crippen LogP contribution in [-0.2, 0) is 0 Å². The van der Waals surface area contributed by atoms with Gasteiger partial charge in [-0.15, -0.1) is 0 Å². The Morgan fingerprint density at radius 1 is 0.232 bits per heavy atom. The van der Waals surface area contributed by atoms with Crippen LogP contribution in [0, 0.1) is 0 Å². The van der Waals surface area contributed by atoms with Crippen molar-refractivity contribution in [3.05, 3.63) is 291 Å². The van der Waals surface area contributed by atoms with Crippen LogP contribution in [0.2, 0.25) is 0 Å². The Labute approximate surface area is 406 Å². The number of anilines is 3. The Bertz CT molecular complexity index is 3230. The molecule has 0 aliphatic rings. The molecule has 0 atom stereocenters. The van der Waals surface area contributed by atoms with E-state index < -0.39 is 16.1 Å². The maximum atomic E-state index is 5.52. The lowest BCUT2D eigenvalue weighted by Crippen LogP contribution is -2.74. The van der Waals surface area contributed by atoms with Crippen molar-refractivity contribution < 1.29 is 0 Å². The van der Waals surface area contributed by atoms with Gasteiger partial charge >= 0.3 is 0 Å². The third-order valence-electron chi connectivity index (χ3n) is 13.2. The van der Waals surface area contributed by atoms with Crippen LogP contribution in [0.25, 0.3) is 22.8 Å². The fraction of sp³-hybridized carbons (Fsp3) is 0. The molecule has 0 aliphatic heterocycles. The minimum Gasteiger partial charge on any atom is -0.279 e. The van der Waals surface area contributed by atoms with Crippen LogP contribution in [0.5, 0.6) is 0 Å². The molecule has 0 spiro atoms. The molecule has 0 N–H and O–H groups in total. The molecule has 0 saturated heterocycles. The number of aromatic nitrogens is 3. The topological polar surface area (TPSA) is 41.9 Å². The van der Waals surface area contributed by atoms with Gasteiger partial charge in [-0.2, -0.15) is 9.97 Å². The normalized spacial score (nSPS) is 11.5. The zero-order valence-corrected chi connectivity index (χ0v) is 40.0. The van der Waals surface area contributed by atoms with Gasteiger partial charge < -0.3 is 0 Å². The van der Waals surface area contributed by atoms with E-state index in [-0.39, 0.29) is 0 Å². The molecule has 328 valence electrons. The second-order valence-electron chi connectivity index (χ2n) is 17.1. The summed E-state index contributed by atoms with van der Waals surface area (Å²) in [6, 6.07) is 105. The van der Waals surface area contributed by atoms with E-state index in [4.69, 9.17) is 15.0 Å². The maximum Gasteiger partial charge on any atom is 0.238 e. The van der Waals surface area contributed by atoms with Crippen LogP contribution in [0.1, 0.15) is 0 Å². The van der Waals surface area contributed by atoms with Crippen molar-refractivity contribution in [1.29, 1.82) is 0 Å². The number of hydrogen-bond donors (Lipinski definition) is 0. The van der Waals surface area contributed by atoms with Gasteiger partial charge in [-0.1, -0.05) is 267 Å². The predicted molar refractivity (Wildman–Crippen MR) is 293 cm³/mol. The van der Waals surface area contributed by atoms with Gasteiger partial charge in [0.1, 0.15) is 0 Å². The summed E-state index contributed by atoms with van der Waals surface area (Å²) in [7, 11) is -5.76. The van der Waals surface area contributed by atoms with Crippen molar-refractivity contribution in [1.82, 2.24) is 15.0 Å². The fourth-order valence-electron chi connectivity index (χ4n) is 10.2. The highest BCUT2D eigenvalue weighted by atomic mass is 28.3. The monoisotopic (exact) mass is 916 g/mol. The molecule has 0 bridgehead atoms. The molecule has 11 rings (SSSR count). The van der Waals surface area contributed by atoms with Crippen molar-refractivity contribution >= 4 is 75.0 Å². The number of rotatable bonds is 13. The van der Waals surface area contributed by atoms with Crippen LogP contribution in [-0.4, -0.2) is 31.1 Å². The third kappa shape index (κ3) is 8.12. The van der Waals surface area contributed by atoms with Crippen LogP contribution in [0.4, 0.5) is 17.3 Å². The standard InChI is InChI=1S/C63H48N4Si2/c1-9-27-49(28-10-1)61-64-62(50-29-25-45-59(47-50)68(53-33-13-3-14-34-53,54-35-15-4-16-36-54)55-37-17-5-18-38-55)66-63(65-61)67(51-30-11-2-12-31-51)52-32-26-46-60(48-52)69(56-39-19-6-20-40-56,57-41-21-7-22-42-57)58-43-23-8-24-44-58/h1-48H. The number of para-hydroxylation sites is 1. The van der Waals surface area contributed by atoms with E-state index in [2.05, 4.69) is 278 Å². The van der Waals surface area contributed by atoms with Gasteiger partial charge in [-0.05, 0) is 65.8 Å². The summed E-state index contributed by atoms with van der Waals surface area (Å²) < 4.78 is 0. The van der Waals surface area contributed by atoms with Gasteiger partial charge in [0.15, 0.2) is 27.8 Å². The zero-order valence-electron chi connectivity index (χ0n) is 38.0. The first kappa shape index (κ1) is 43.0. The van der Waals surface area contributed by atoms with E-state index in [9.17, 15) is 0 Å². The lowest BCUT2D eigenvalue weighted by atomic mass is 10.2. The first-order chi connectivity index (χ1) is 34.2. The highest BCUT2D eigenvalue weighted by molar-refractivity contribution is 7.20. The molecule has 0 unspecified atom stereocenters. The number of hydrogen-bond acceptors (Lipinski definition) is 4. The highest BCUT2D eigenvalue weighted by Gasteiger charge is 2.43. The van der Waals surface area contributed by atoms with Gasteiger partial charge in [0.25, 0.3) is 0 Å². The lowest BCUT2D eigenvalue weighted by molar-refractivity contribution is 1.02. The van der Waals surface area contributed by atoms with Crippen LogP contribution < -0.4 is 46.4 Å². The molecule has 10 aromatic carbocycles. The zero-order chi connectivity index (χ0) is 46.3. The molecule has 6 heteroatoms. The molecule has 0 amide bonds. The molecule has 0 saturated carbocycles. The second kappa shape index (κ2) is 19.3. The fourth-order valence-corrected chi connectivity index (χ4v) is 19.7. The van der Waals surface area contributed by atoms with Gasteiger partial charge in [-0.3, -0.25) is 4.90 Å². The van der Waals surface area contributed by atoms with Crippen molar-refractivity contribution in [2.45, 2.75) is 0 Å². The Hall–Kier alpha value is -8.56. The van der Waals surface area contributed by atoms with Crippen LogP contribution in [0.15, 0.2) is 291 Å². The average Bonchev–Trinajstić information content (AvgIpc) is 3.44. The molecule has 1 heterocycles. The van der Waals surface area contributed by atoms with Crippen molar-refractivity contribution in [3.8, 4) is 22.8 Å². The van der Waals surface area contributed by atoms with E-state index in [1.807, 2.05) is 18.2 Å². The Kier molecular flexibility index (Phi) is 12.1. The number of nitrogens with zero attached hydrogens (tertiary/aromatic N) is 4. The summed E-state index contributed by atoms with van der Waals surface area (Å²) >= 11 is 0. The molecular formula is C63H48N4Si2. The summed E-state index contributed by atoms with van der Waals surface area (Å²) in [6.07, 6.45) is 0. The van der Waals surface area contributed by atoms with E-state index in [1.165, 1.54) is 41.5 Å². The molecule has 1 aromatic heterocycles. The molecule has 0 aliphatic carbocycles. The minimum atomic E-state index is -2.89. The highest BCUT2D eigenvalue weighted by Crippen LogP contribution is 2.34. The summed E-state index contributed by atoms with van der Waals surface area (Å²) in [5.41, 5.74) is 3.71. The molecule has 0 radical (unpaired) electrons. The predicted octanol–water partition coefficient (Wildman–Crippen LogP) is 9.43. The van der Waals surface area contributed by atoms with Crippen molar-refractivity contribution in [2.24, 2.45) is 0 Å². The number of benzene rings is 10. The largest absolute Gasteiger partial charge is 0.279 e. The van der Waals surface area contributed by atoms with Crippen LogP contribution >= 0.6 is 0 Å². The Morgan fingerprint density at radius 3 is 0.928 bits per heavy atom. The third-order valence-corrected chi connectivity index (χ3v) is 22.8. The summed E-state index contributed by atoms with van der Waals surface area (Å²) in [6.45, 7) is 0. The van der Waals surface area contributed by atoms with E-state index >= 15 is 0 Å². The maximum absolute atomic E-state index is 5.52. The molecular weight excluding hydrogens is 869 g/mol. The smallest absolute Gasteiger partial charge is 0.238 e. The van der Waals surface area contributed by atoms with E-state index in [0.717, 1.165) is 22.5 Å². The SMILES string of the molecule is c1ccc(-c2nc(-c3cccc([Si](c4ccccc4)(c4ccccc4)c4ccccc4)c3)nc(N(c3ccccc3)c3cccc([Si](c4ccccc4)(c4ccccc4)c4ccccc4)c3)n2)cc1. The first-order valence-electron chi connectivity index (χ1n) is 23.4. The van der Waals surface area contributed by atoms with Gasteiger partial charge in [0.2, 0.25) is 5.95 Å². The second-order valence-corrected chi connectivity index (χ2v) is 24.8. The molecule has 4 nitrogen and oxygen atoms in total. The van der Waals surface area contributed by atoms with Gasteiger partial charge in [-0.25, -0.2) is 4.98 Å². The summed E-state index contributed by atoms with van der Waals surface area (Å²) in [5.74, 6) is 1.71. The van der Waals surface area contributed by atoms with Gasteiger partial charge in [0.05, 0.1) is 0 Å². The van der Waals surface area contributed by atoms with Crippen molar-refractivity contribution in [2.75, 3.05) is 4.90 Å². The van der Waals surface area contributed by atoms with E-state index in [1.54, 1.807) is 0 Å². The molecule has 0 fully saturated rings. The molecule has 69 heavy (non-hydrogen) atoms. The lowest BCUT2D eigenvalue weighted by Gasteiger charge is -2.35.